The summed E-state index contributed by atoms with van der Waals surface area (Å²) in [4.78, 5) is 16.1. The number of esters is 1. The molecule has 0 radical (unpaired) electrons. The van der Waals surface area contributed by atoms with E-state index < -0.39 is 17.7 Å². The number of hydrogen-bond donors (Lipinski definition) is 0. The molecule has 1 aromatic heterocycles. The van der Waals surface area contributed by atoms with Gasteiger partial charge >= 0.3 is 12.1 Å². The first-order valence-corrected chi connectivity index (χ1v) is 7.73. The van der Waals surface area contributed by atoms with Crippen molar-refractivity contribution >= 4 is 5.97 Å². The van der Waals surface area contributed by atoms with Gasteiger partial charge in [-0.3, -0.25) is 4.79 Å². The van der Waals surface area contributed by atoms with Crippen LogP contribution in [-0.2, 0) is 28.7 Å². The lowest BCUT2D eigenvalue weighted by atomic mass is 10.1. The molecule has 7 heteroatoms. The van der Waals surface area contributed by atoms with E-state index in [9.17, 15) is 18.0 Å². The van der Waals surface area contributed by atoms with Crippen LogP contribution in [0.2, 0.25) is 0 Å². The molecule has 3 aromatic rings. The van der Waals surface area contributed by atoms with Crippen molar-refractivity contribution in [3.8, 4) is 11.5 Å². The molecule has 0 amide bonds. The van der Waals surface area contributed by atoms with E-state index in [1.165, 1.54) is 18.4 Å². The number of rotatable bonds is 5. The van der Waals surface area contributed by atoms with Crippen LogP contribution in [0.4, 0.5) is 13.2 Å². The number of alkyl halides is 3. The molecule has 0 N–H and O–H groups in total. The maximum Gasteiger partial charge on any atom is 0.416 e. The third-order valence-corrected chi connectivity index (χ3v) is 3.56. The smallest absolute Gasteiger partial charge is 0.416 e. The van der Waals surface area contributed by atoms with Crippen molar-refractivity contribution in [2.75, 3.05) is 0 Å². The van der Waals surface area contributed by atoms with Gasteiger partial charge in [-0.2, -0.15) is 13.2 Å². The van der Waals surface area contributed by atoms with Crippen molar-refractivity contribution in [1.82, 2.24) is 4.98 Å². The standard InChI is InChI=1S/C19H14F3NO3/c20-19(21,22)15-8-4-5-13(9-15)10-17(24)25-11-16-12-26-18(23-16)14-6-2-1-3-7-14/h1-9,12H,10-11H2. The number of benzene rings is 2. The number of oxazole rings is 1. The van der Waals surface area contributed by atoms with Gasteiger partial charge in [0, 0.05) is 5.56 Å². The minimum absolute atomic E-state index is 0.117. The molecule has 2 aromatic carbocycles. The monoisotopic (exact) mass is 361 g/mol. The third kappa shape index (κ3) is 4.50. The molecule has 0 aliphatic carbocycles. The lowest BCUT2D eigenvalue weighted by Gasteiger charge is -2.08. The van der Waals surface area contributed by atoms with Gasteiger partial charge in [0.05, 0.1) is 12.0 Å². The first-order valence-electron chi connectivity index (χ1n) is 7.73. The SMILES string of the molecule is O=C(Cc1cccc(C(F)(F)F)c1)OCc1coc(-c2ccccc2)n1. The largest absolute Gasteiger partial charge is 0.459 e. The average Bonchev–Trinajstić information content (AvgIpc) is 3.09. The van der Waals surface area contributed by atoms with Gasteiger partial charge in [0.25, 0.3) is 0 Å². The van der Waals surface area contributed by atoms with Gasteiger partial charge in [-0.05, 0) is 23.8 Å². The van der Waals surface area contributed by atoms with Gasteiger partial charge in [0.15, 0.2) is 0 Å². The summed E-state index contributed by atoms with van der Waals surface area (Å²) in [5.74, 6) is -0.247. The van der Waals surface area contributed by atoms with Crippen molar-refractivity contribution in [2.24, 2.45) is 0 Å². The normalized spacial score (nSPS) is 11.3. The van der Waals surface area contributed by atoms with E-state index in [1.54, 1.807) is 0 Å². The highest BCUT2D eigenvalue weighted by Gasteiger charge is 2.30. The molecule has 0 aliphatic rings. The van der Waals surface area contributed by atoms with Gasteiger partial charge < -0.3 is 9.15 Å². The van der Waals surface area contributed by atoms with Crippen LogP contribution in [0.1, 0.15) is 16.8 Å². The molecule has 26 heavy (non-hydrogen) atoms. The maximum absolute atomic E-state index is 12.7. The maximum atomic E-state index is 12.7. The fraction of sp³-hybridized carbons (Fsp3) is 0.158. The molecule has 0 fully saturated rings. The predicted octanol–water partition coefficient (Wildman–Crippen LogP) is 4.65. The zero-order valence-corrected chi connectivity index (χ0v) is 13.5. The topological polar surface area (TPSA) is 52.3 Å². The second-order valence-electron chi connectivity index (χ2n) is 5.55. The van der Waals surface area contributed by atoms with E-state index >= 15 is 0 Å². The van der Waals surface area contributed by atoms with Gasteiger partial charge in [-0.15, -0.1) is 0 Å². The van der Waals surface area contributed by atoms with Crippen LogP contribution in [0.15, 0.2) is 65.3 Å². The minimum Gasteiger partial charge on any atom is -0.459 e. The van der Waals surface area contributed by atoms with E-state index in [0.717, 1.165) is 17.7 Å². The first-order chi connectivity index (χ1) is 12.4. The highest BCUT2D eigenvalue weighted by atomic mass is 19.4. The number of carbonyl (C=O) groups excluding carboxylic acids is 1. The summed E-state index contributed by atoms with van der Waals surface area (Å²) >= 11 is 0. The molecule has 0 atom stereocenters. The van der Waals surface area contributed by atoms with E-state index in [0.29, 0.717) is 11.6 Å². The molecule has 0 unspecified atom stereocenters. The Morgan fingerprint density at radius 1 is 1.08 bits per heavy atom. The molecule has 0 aliphatic heterocycles. The summed E-state index contributed by atoms with van der Waals surface area (Å²) in [6, 6.07) is 13.8. The summed E-state index contributed by atoms with van der Waals surface area (Å²) in [6.45, 7) is -0.117. The third-order valence-electron chi connectivity index (χ3n) is 3.56. The Morgan fingerprint density at radius 2 is 1.85 bits per heavy atom. The summed E-state index contributed by atoms with van der Waals surface area (Å²) in [5, 5.41) is 0. The lowest BCUT2D eigenvalue weighted by molar-refractivity contribution is -0.144. The van der Waals surface area contributed by atoms with Crippen LogP contribution < -0.4 is 0 Å². The molecule has 1 heterocycles. The molecule has 4 nitrogen and oxygen atoms in total. The van der Waals surface area contributed by atoms with Crippen molar-refractivity contribution in [3.05, 3.63) is 77.7 Å². The van der Waals surface area contributed by atoms with E-state index in [1.807, 2.05) is 30.3 Å². The number of ether oxygens (including phenoxy) is 1. The van der Waals surface area contributed by atoms with E-state index in [-0.39, 0.29) is 18.6 Å². The molecule has 134 valence electrons. The Labute approximate surface area is 147 Å². The Morgan fingerprint density at radius 3 is 2.58 bits per heavy atom. The number of hydrogen-bond acceptors (Lipinski definition) is 4. The van der Waals surface area contributed by atoms with Crippen LogP contribution in [-0.4, -0.2) is 11.0 Å². The van der Waals surface area contributed by atoms with Crippen molar-refractivity contribution in [2.45, 2.75) is 19.2 Å². The molecular formula is C19H14F3NO3. The van der Waals surface area contributed by atoms with Gasteiger partial charge in [-0.25, -0.2) is 4.98 Å². The van der Waals surface area contributed by atoms with Crippen LogP contribution in [0.5, 0.6) is 0 Å². The molecule has 0 saturated carbocycles. The summed E-state index contributed by atoms with van der Waals surface area (Å²) in [7, 11) is 0. The zero-order chi connectivity index (χ0) is 18.6. The Balaban J connectivity index is 1.57. The Bertz CT molecular complexity index is 888. The Kier molecular flexibility index (Phi) is 5.06. The quantitative estimate of drug-likeness (QED) is 0.621. The number of nitrogens with zero attached hydrogens (tertiary/aromatic N) is 1. The first kappa shape index (κ1) is 17.7. The second-order valence-corrected chi connectivity index (χ2v) is 5.55. The van der Waals surface area contributed by atoms with Crippen molar-refractivity contribution < 1.29 is 27.1 Å². The highest BCUT2D eigenvalue weighted by Crippen LogP contribution is 2.29. The van der Waals surface area contributed by atoms with Crippen LogP contribution >= 0.6 is 0 Å². The van der Waals surface area contributed by atoms with Gasteiger partial charge in [0.2, 0.25) is 5.89 Å². The van der Waals surface area contributed by atoms with Gasteiger partial charge in [-0.1, -0.05) is 36.4 Å². The second kappa shape index (κ2) is 7.43. The summed E-state index contributed by atoms with van der Waals surface area (Å²) in [6.07, 6.45) is -3.33. The number of halogens is 3. The number of carbonyl (C=O) groups is 1. The van der Waals surface area contributed by atoms with Crippen LogP contribution in [0, 0.1) is 0 Å². The zero-order valence-electron chi connectivity index (χ0n) is 13.5. The minimum atomic E-state index is -4.45. The fourth-order valence-corrected chi connectivity index (χ4v) is 2.32. The Hall–Kier alpha value is -3.09. The lowest BCUT2D eigenvalue weighted by Crippen LogP contribution is -2.10. The van der Waals surface area contributed by atoms with Crippen LogP contribution in [0.3, 0.4) is 0 Å². The summed E-state index contributed by atoms with van der Waals surface area (Å²) < 4.78 is 48.4. The average molecular weight is 361 g/mol. The molecule has 0 saturated heterocycles. The molecule has 0 spiro atoms. The highest BCUT2D eigenvalue weighted by molar-refractivity contribution is 5.72. The predicted molar refractivity (Wildman–Crippen MR) is 86.9 cm³/mol. The molecule has 3 rings (SSSR count). The van der Waals surface area contributed by atoms with Crippen molar-refractivity contribution in [1.29, 1.82) is 0 Å². The van der Waals surface area contributed by atoms with Crippen molar-refractivity contribution in [3.63, 3.8) is 0 Å². The molecule has 0 bridgehead atoms. The van der Waals surface area contributed by atoms with E-state index in [2.05, 4.69) is 4.98 Å². The van der Waals surface area contributed by atoms with Gasteiger partial charge in [0.1, 0.15) is 18.6 Å². The van der Waals surface area contributed by atoms with E-state index in [4.69, 9.17) is 9.15 Å². The summed E-state index contributed by atoms with van der Waals surface area (Å²) in [5.41, 5.74) is 0.636. The fourth-order valence-electron chi connectivity index (χ4n) is 2.32. The molecular weight excluding hydrogens is 347 g/mol. The number of aromatic nitrogens is 1. The van der Waals surface area contributed by atoms with Crippen LogP contribution in [0.25, 0.3) is 11.5 Å².